The van der Waals surface area contributed by atoms with Crippen LogP contribution < -0.4 is 20.3 Å². The molecule has 2 N–H and O–H groups in total. The molecule has 7 heteroatoms. The zero-order chi connectivity index (χ0) is 18.2. The molecule has 2 amide bonds. The average molecular weight is 355 g/mol. The number of piperidine rings is 1. The Morgan fingerprint density at radius 1 is 1.19 bits per heavy atom. The van der Waals surface area contributed by atoms with E-state index in [0.717, 1.165) is 31.9 Å². The van der Waals surface area contributed by atoms with Crippen molar-refractivity contribution in [2.24, 2.45) is 5.92 Å². The number of hydrogen-bond donors (Lipinski definition) is 2. The molecule has 1 aromatic heterocycles. The van der Waals surface area contributed by atoms with Gasteiger partial charge in [-0.25, -0.2) is 14.8 Å². The molecule has 26 heavy (non-hydrogen) atoms. The number of anilines is 2. The Bertz CT molecular complexity index is 702. The quantitative estimate of drug-likeness (QED) is 0.833. The van der Waals surface area contributed by atoms with Crippen LogP contribution in [0.3, 0.4) is 0 Å². The highest BCUT2D eigenvalue weighted by Crippen LogP contribution is 2.23. The zero-order valence-corrected chi connectivity index (χ0v) is 15.0. The zero-order valence-electron chi connectivity index (χ0n) is 15.0. The molecule has 1 saturated heterocycles. The lowest BCUT2D eigenvalue weighted by Gasteiger charge is -2.31. The number of para-hydroxylation sites is 2. The Balaban J connectivity index is 1.43. The van der Waals surface area contributed by atoms with Gasteiger partial charge in [0.05, 0.1) is 12.3 Å². The smallest absolute Gasteiger partial charge is 0.319 e. The van der Waals surface area contributed by atoms with Gasteiger partial charge in [-0.15, -0.1) is 0 Å². The van der Waals surface area contributed by atoms with Gasteiger partial charge in [-0.05, 0) is 43.9 Å². The molecule has 0 radical (unpaired) electrons. The van der Waals surface area contributed by atoms with Crippen molar-refractivity contribution < 1.29 is 9.53 Å². The van der Waals surface area contributed by atoms with E-state index in [1.807, 2.05) is 37.3 Å². The van der Waals surface area contributed by atoms with E-state index in [-0.39, 0.29) is 6.03 Å². The van der Waals surface area contributed by atoms with Crippen LogP contribution in [0.4, 0.5) is 16.4 Å². The lowest BCUT2D eigenvalue weighted by molar-refractivity contribution is 0.248. The molecule has 2 heterocycles. The second-order valence-corrected chi connectivity index (χ2v) is 6.24. The number of amides is 2. The second kappa shape index (κ2) is 9.03. The van der Waals surface area contributed by atoms with E-state index >= 15 is 0 Å². The fraction of sp³-hybridized carbons (Fsp3) is 0.421. The Kier molecular flexibility index (Phi) is 6.24. The van der Waals surface area contributed by atoms with Gasteiger partial charge in [-0.1, -0.05) is 12.1 Å². The predicted molar refractivity (Wildman–Crippen MR) is 102 cm³/mol. The highest BCUT2D eigenvalue weighted by atomic mass is 16.5. The lowest BCUT2D eigenvalue weighted by atomic mass is 9.97. The number of nitrogens with zero attached hydrogens (tertiary/aromatic N) is 3. The fourth-order valence-electron chi connectivity index (χ4n) is 3.05. The number of carbonyl (C=O) groups excluding carboxylic acids is 1. The summed E-state index contributed by atoms with van der Waals surface area (Å²) in [6.07, 6.45) is 5.54. The minimum absolute atomic E-state index is 0.203. The Morgan fingerprint density at radius 3 is 2.65 bits per heavy atom. The summed E-state index contributed by atoms with van der Waals surface area (Å²) in [6.45, 7) is 4.95. The number of benzene rings is 1. The van der Waals surface area contributed by atoms with Gasteiger partial charge in [-0.3, -0.25) is 0 Å². The molecule has 0 saturated carbocycles. The van der Waals surface area contributed by atoms with Crippen molar-refractivity contribution in [2.45, 2.75) is 19.8 Å². The van der Waals surface area contributed by atoms with Gasteiger partial charge in [0.15, 0.2) is 0 Å². The SMILES string of the molecule is CCOc1ccccc1NC(=O)NCC1CCN(c2ncccn2)CC1. The van der Waals surface area contributed by atoms with Crippen molar-refractivity contribution in [3.63, 3.8) is 0 Å². The Morgan fingerprint density at radius 2 is 1.92 bits per heavy atom. The lowest BCUT2D eigenvalue weighted by Crippen LogP contribution is -2.40. The first-order valence-electron chi connectivity index (χ1n) is 9.05. The summed E-state index contributed by atoms with van der Waals surface area (Å²) in [5, 5.41) is 5.83. The van der Waals surface area contributed by atoms with Crippen molar-refractivity contribution in [3.05, 3.63) is 42.7 Å². The molecular formula is C19H25N5O2. The second-order valence-electron chi connectivity index (χ2n) is 6.24. The highest BCUT2D eigenvalue weighted by molar-refractivity contribution is 5.90. The maximum atomic E-state index is 12.2. The van der Waals surface area contributed by atoms with Crippen molar-refractivity contribution >= 4 is 17.7 Å². The first kappa shape index (κ1) is 18.0. The van der Waals surface area contributed by atoms with Crippen LogP contribution in [0.5, 0.6) is 5.75 Å². The number of hydrogen-bond acceptors (Lipinski definition) is 5. The third-order valence-corrected chi connectivity index (χ3v) is 4.44. The average Bonchev–Trinajstić information content (AvgIpc) is 2.69. The van der Waals surface area contributed by atoms with Crippen molar-refractivity contribution in [1.82, 2.24) is 15.3 Å². The van der Waals surface area contributed by atoms with Gasteiger partial charge in [0.25, 0.3) is 0 Å². The fourth-order valence-corrected chi connectivity index (χ4v) is 3.05. The molecule has 0 unspecified atom stereocenters. The molecule has 1 aromatic carbocycles. The topological polar surface area (TPSA) is 79.4 Å². The highest BCUT2D eigenvalue weighted by Gasteiger charge is 2.21. The molecule has 7 nitrogen and oxygen atoms in total. The van der Waals surface area contributed by atoms with E-state index in [4.69, 9.17) is 4.74 Å². The normalized spacial score (nSPS) is 14.7. The summed E-state index contributed by atoms with van der Waals surface area (Å²) < 4.78 is 5.53. The van der Waals surface area contributed by atoms with Gasteiger partial charge < -0.3 is 20.3 Å². The molecule has 3 rings (SSSR count). The molecule has 1 aliphatic heterocycles. The number of carbonyl (C=O) groups is 1. The maximum absolute atomic E-state index is 12.2. The van der Waals surface area contributed by atoms with E-state index in [1.54, 1.807) is 12.4 Å². The Labute approximate surface area is 153 Å². The van der Waals surface area contributed by atoms with Gasteiger partial charge in [0, 0.05) is 32.0 Å². The minimum atomic E-state index is -0.203. The van der Waals surface area contributed by atoms with Crippen LogP contribution in [0.1, 0.15) is 19.8 Å². The van der Waals surface area contributed by atoms with E-state index in [1.165, 1.54) is 0 Å². The molecule has 0 atom stereocenters. The van der Waals surface area contributed by atoms with E-state index < -0.39 is 0 Å². The summed E-state index contributed by atoms with van der Waals surface area (Å²) in [7, 11) is 0. The van der Waals surface area contributed by atoms with Crippen molar-refractivity contribution in [2.75, 3.05) is 36.5 Å². The van der Waals surface area contributed by atoms with E-state index in [2.05, 4.69) is 25.5 Å². The van der Waals surface area contributed by atoms with E-state index in [9.17, 15) is 4.79 Å². The van der Waals surface area contributed by atoms with Gasteiger partial charge in [-0.2, -0.15) is 0 Å². The largest absolute Gasteiger partial charge is 0.492 e. The number of urea groups is 1. The molecule has 0 spiro atoms. The molecule has 0 aliphatic carbocycles. The van der Waals surface area contributed by atoms with Gasteiger partial charge >= 0.3 is 6.03 Å². The monoisotopic (exact) mass is 355 g/mol. The van der Waals surface area contributed by atoms with Crippen LogP contribution in [0, 0.1) is 5.92 Å². The number of aromatic nitrogens is 2. The third kappa shape index (κ3) is 4.84. The minimum Gasteiger partial charge on any atom is -0.492 e. The van der Waals surface area contributed by atoms with Gasteiger partial charge in [0.1, 0.15) is 5.75 Å². The summed E-state index contributed by atoms with van der Waals surface area (Å²) in [4.78, 5) is 23.0. The first-order chi connectivity index (χ1) is 12.8. The molecular weight excluding hydrogens is 330 g/mol. The standard InChI is InChI=1S/C19H25N5O2/c1-2-26-17-7-4-3-6-16(17)23-19(25)22-14-15-8-12-24(13-9-15)18-20-10-5-11-21-18/h3-7,10-11,15H,2,8-9,12-14H2,1H3,(H2,22,23,25). The van der Waals surface area contributed by atoms with Crippen LogP contribution in [0.25, 0.3) is 0 Å². The predicted octanol–water partition coefficient (Wildman–Crippen LogP) is 2.91. The molecule has 1 aliphatic rings. The van der Waals surface area contributed by atoms with E-state index in [0.29, 0.717) is 30.5 Å². The summed E-state index contributed by atoms with van der Waals surface area (Å²) in [5.41, 5.74) is 0.683. The maximum Gasteiger partial charge on any atom is 0.319 e. The summed E-state index contributed by atoms with van der Waals surface area (Å²) >= 11 is 0. The molecule has 138 valence electrons. The summed E-state index contributed by atoms with van der Waals surface area (Å²) in [5.74, 6) is 1.92. The molecule has 2 aromatic rings. The summed E-state index contributed by atoms with van der Waals surface area (Å²) in [6, 6.07) is 9.06. The van der Waals surface area contributed by atoms with Crippen molar-refractivity contribution in [3.8, 4) is 5.75 Å². The Hall–Kier alpha value is -2.83. The first-order valence-corrected chi connectivity index (χ1v) is 9.05. The van der Waals surface area contributed by atoms with Crippen LogP contribution in [-0.2, 0) is 0 Å². The van der Waals surface area contributed by atoms with Gasteiger partial charge in [0.2, 0.25) is 5.95 Å². The number of nitrogens with one attached hydrogen (secondary N) is 2. The van der Waals surface area contributed by atoms with Crippen LogP contribution >= 0.6 is 0 Å². The third-order valence-electron chi connectivity index (χ3n) is 4.44. The molecule has 1 fully saturated rings. The number of rotatable bonds is 6. The molecule has 0 bridgehead atoms. The van der Waals surface area contributed by atoms with Crippen molar-refractivity contribution in [1.29, 1.82) is 0 Å². The van der Waals surface area contributed by atoms with Crippen LogP contribution in [0.15, 0.2) is 42.7 Å². The number of ether oxygens (including phenoxy) is 1. The van der Waals surface area contributed by atoms with Crippen LogP contribution in [0.2, 0.25) is 0 Å². The van der Waals surface area contributed by atoms with Crippen LogP contribution in [-0.4, -0.2) is 42.2 Å².